The van der Waals surface area contributed by atoms with E-state index in [1.54, 1.807) is 7.11 Å². The number of hydrogen-bond donors (Lipinski definition) is 1. The Morgan fingerprint density at radius 2 is 1.89 bits per heavy atom. The minimum Gasteiger partial charge on any atom is -0.497 e. The van der Waals surface area contributed by atoms with Crippen molar-refractivity contribution in [3.8, 4) is 5.75 Å². The van der Waals surface area contributed by atoms with Crippen molar-refractivity contribution in [1.29, 1.82) is 0 Å². The van der Waals surface area contributed by atoms with Crippen molar-refractivity contribution in [2.24, 2.45) is 5.73 Å². The Morgan fingerprint density at radius 1 is 1.11 bits per heavy atom. The highest BCUT2D eigenvalue weighted by atomic mass is 19.2. The zero-order chi connectivity index (χ0) is 13.8. The maximum Gasteiger partial charge on any atom is 0.159 e. The summed E-state index contributed by atoms with van der Waals surface area (Å²) in [5.41, 5.74) is 7.56. The molecule has 0 aromatic heterocycles. The van der Waals surface area contributed by atoms with Crippen LogP contribution in [0, 0.1) is 11.6 Å². The van der Waals surface area contributed by atoms with Crippen LogP contribution in [0.3, 0.4) is 0 Å². The Balaban J connectivity index is 2.15. The molecule has 0 heterocycles. The van der Waals surface area contributed by atoms with Crippen LogP contribution in [0.4, 0.5) is 8.78 Å². The Kier molecular flexibility index (Phi) is 4.12. The first kappa shape index (κ1) is 13.5. The topological polar surface area (TPSA) is 35.2 Å². The maximum absolute atomic E-state index is 13.1. The lowest BCUT2D eigenvalue weighted by Crippen LogP contribution is -2.13. The van der Waals surface area contributed by atoms with Gasteiger partial charge in [-0.2, -0.15) is 0 Å². The molecule has 2 nitrogen and oxygen atoms in total. The molecular weight excluding hydrogens is 248 g/mol. The first-order chi connectivity index (χ1) is 9.10. The molecule has 0 aliphatic rings. The minimum absolute atomic E-state index is 0.387. The third-order valence-electron chi connectivity index (χ3n) is 2.96. The molecule has 0 saturated heterocycles. The normalized spacial score (nSPS) is 12.2. The maximum atomic E-state index is 13.1. The lowest BCUT2D eigenvalue weighted by atomic mass is 9.99. The molecule has 0 aliphatic carbocycles. The fourth-order valence-corrected chi connectivity index (χ4v) is 1.91. The predicted octanol–water partition coefficient (Wildman–Crippen LogP) is 3.22. The van der Waals surface area contributed by atoms with Crippen molar-refractivity contribution in [2.45, 2.75) is 12.5 Å². The zero-order valence-corrected chi connectivity index (χ0v) is 10.6. The first-order valence-electron chi connectivity index (χ1n) is 5.93. The van der Waals surface area contributed by atoms with Crippen molar-refractivity contribution in [2.75, 3.05) is 7.11 Å². The second-order valence-corrected chi connectivity index (χ2v) is 4.34. The molecule has 100 valence electrons. The van der Waals surface area contributed by atoms with Crippen LogP contribution < -0.4 is 10.5 Å². The molecule has 2 aromatic rings. The van der Waals surface area contributed by atoms with Crippen LogP contribution in [0.2, 0.25) is 0 Å². The standard InChI is InChI=1S/C15H15F2NO/c1-19-12-4-2-3-10(7-12)8-15(18)11-5-6-13(16)14(17)9-11/h2-7,9,15H,8,18H2,1H3. The summed E-state index contributed by atoms with van der Waals surface area (Å²) >= 11 is 0. The number of halogens is 2. The summed E-state index contributed by atoms with van der Waals surface area (Å²) < 4.78 is 31.1. The molecule has 2 rings (SSSR count). The first-order valence-corrected chi connectivity index (χ1v) is 5.93. The van der Waals surface area contributed by atoms with Gasteiger partial charge in [0.25, 0.3) is 0 Å². The van der Waals surface area contributed by atoms with Crippen LogP contribution in [0.25, 0.3) is 0 Å². The second-order valence-electron chi connectivity index (χ2n) is 4.34. The second kappa shape index (κ2) is 5.80. The van der Waals surface area contributed by atoms with E-state index in [0.29, 0.717) is 12.0 Å². The average molecular weight is 263 g/mol. The van der Waals surface area contributed by atoms with Gasteiger partial charge in [0.1, 0.15) is 5.75 Å². The van der Waals surface area contributed by atoms with Gasteiger partial charge in [0.05, 0.1) is 7.11 Å². The van der Waals surface area contributed by atoms with Crippen molar-refractivity contribution < 1.29 is 13.5 Å². The quantitative estimate of drug-likeness (QED) is 0.919. The van der Waals surface area contributed by atoms with Gasteiger partial charge in [0, 0.05) is 6.04 Å². The summed E-state index contributed by atoms with van der Waals surface area (Å²) in [7, 11) is 1.59. The lowest BCUT2D eigenvalue weighted by molar-refractivity contribution is 0.414. The van der Waals surface area contributed by atoms with Crippen LogP contribution in [0.1, 0.15) is 17.2 Å². The van der Waals surface area contributed by atoms with Gasteiger partial charge in [0.15, 0.2) is 11.6 Å². The summed E-state index contributed by atoms with van der Waals surface area (Å²) in [5, 5.41) is 0. The summed E-state index contributed by atoms with van der Waals surface area (Å²) in [4.78, 5) is 0. The fraction of sp³-hybridized carbons (Fsp3) is 0.200. The van der Waals surface area contributed by atoms with E-state index in [4.69, 9.17) is 10.5 Å². The number of methoxy groups -OCH3 is 1. The summed E-state index contributed by atoms with van der Waals surface area (Å²) in [6.45, 7) is 0. The van der Waals surface area contributed by atoms with Crippen LogP contribution in [-0.4, -0.2) is 7.11 Å². The highest BCUT2D eigenvalue weighted by molar-refractivity contribution is 5.30. The summed E-state index contributed by atoms with van der Waals surface area (Å²) in [5.74, 6) is -0.995. The number of nitrogens with two attached hydrogens (primary N) is 1. The van der Waals surface area contributed by atoms with E-state index >= 15 is 0 Å². The van der Waals surface area contributed by atoms with E-state index in [-0.39, 0.29) is 6.04 Å². The van der Waals surface area contributed by atoms with E-state index in [9.17, 15) is 8.78 Å². The van der Waals surface area contributed by atoms with Crippen molar-refractivity contribution in [1.82, 2.24) is 0 Å². The van der Waals surface area contributed by atoms with Gasteiger partial charge >= 0.3 is 0 Å². The molecule has 19 heavy (non-hydrogen) atoms. The minimum atomic E-state index is -0.876. The molecule has 0 bridgehead atoms. The van der Waals surface area contributed by atoms with Gasteiger partial charge in [-0.05, 0) is 41.8 Å². The van der Waals surface area contributed by atoms with E-state index < -0.39 is 11.6 Å². The lowest BCUT2D eigenvalue weighted by Gasteiger charge is -2.13. The van der Waals surface area contributed by atoms with Crippen molar-refractivity contribution in [3.63, 3.8) is 0 Å². The van der Waals surface area contributed by atoms with E-state index in [1.165, 1.54) is 6.07 Å². The van der Waals surface area contributed by atoms with Crippen LogP contribution >= 0.6 is 0 Å². The molecule has 0 amide bonds. The van der Waals surface area contributed by atoms with Crippen LogP contribution in [0.5, 0.6) is 5.75 Å². The van der Waals surface area contributed by atoms with E-state index in [1.807, 2.05) is 24.3 Å². The molecule has 0 aliphatic heterocycles. The molecule has 2 aromatic carbocycles. The smallest absolute Gasteiger partial charge is 0.159 e. The third kappa shape index (κ3) is 3.29. The SMILES string of the molecule is COc1cccc(CC(N)c2ccc(F)c(F)c2)c1. The Hall–Kier alpha value is -1.94. The number of rotatable bonds is 4. The molecule has 2 N–H and O–H groups in total. The van der Waals surface area contributed by atoms with Gasteiger partial charge in [-0.3, -0.25) is 0 Å². The Labute approximate surface area is 110 Å². The number of benzene rings is 2. The Bertz CT molecular complexity index is 572. The van der Waals surface area contributed by atoms with Crippen LogP contribution in [-0.2, 0) is 6.42 Å². The van der Waals surface area contributed by atoms with Gasteiger partial charge in [0.2, 0.25) is 0 Å². The fourth-order valence-electron chi connectivity index (χ4n) is 1.91. The van der Waals surface area contributed by atoms with Gasteiger partial charge in [-0.25, -0.2) is 8.78 Å². The predicted molar refractivity (Wildman–Crippen MR) is 70.0 cm³/mol. The molecule has 0 radical (unpaired) electrons. The average Bonchev–Trinajstić information content (AvgIpc) is 2.42. The monoisotopic (exact) mass is 263 g/mol. The highest BCUT2D eigenvalue weighted by Crippen LogP contribution is 2.20. The van der Waals surface area contributed by atoms with E-state index in [0.717, 1.165) is 23.4 Å². The molecule has 0 saturated carbocycles. The summed E-state index contributed by atoms with van der Waals surface area (Å²) in [6.07, 6.45) is 0.530. The van der Waals surface area contributed by atoms with Crippen LogP contribution in [0.15, 0.2) is 42.5 Å². The highest BCUT2D eigenvalue weighted by Gasteiger charge is 2.10. The van der Waals surface area contributed by atoms with Crippen molar-refractivity contribution >= 4 is 0 Å². The van der Waals surface area contributed by atoms with Gasteiger partial charge in [-0.1, -0.05) is 18.2 Å². The Morgan fingerprint density at radius 3 is 2.58 bits per heavy atom. The molecule has 0 spiro atoms. The van der Waals surface area contributed by atoms with Gasteiger partial charge < -0.3 is 10.5 Å². The molecule has 1 unspecified atom stereocenters. The van der Waals surface area contributed by atoms with E-state index in [2.05, 4.69) is 0 Å². The number of ether oxygens (including phenoxy) is 1. The number of hydrogen-bond acceptors (Lipinski definition) is 2. The van der Waals surface area contributed by atoms with Crippen molar-refractivity contribution in [3.05, 3.63) is 65.2 Å². The largest absolute Gasteiger partial charge is 0.497 e. The zero-order valence-electron chi connectivity index (χ0n) is 10.6. The van der Waals surface area contributed by atoms with Gasteiger partial charge in [-0.15, -0.1) is 0 Å². The molecular formula is C15H15F2NO. The molecule has 0 fully saturated rings. The molecule has 4 heteroatoms. The summed E-state index contributed by atoms with van der Waals surface area (Å²) in [6, 6.07) is 10.8. The molecule has 1 atom stereocenters. The third-order valence-corrected chi connectivity index (χ3v) is 2.96.